The van der Waals surface area contributed by atoms with Crippen LogP contribution in [0.25, 0.3) is 11.0 Å². The number of hydrogen-bond donors (Lipinski definition) is 2. The molecule has 3 nitrogen and oxygen atoms in total. The minimum Gasteiger partial charge on any atom is -0.375 e. The first kappa shape index (κ1) is 13.3. The van der Waals surface area contributed by atoms with Crippen molar-refractivity contribution in [3.05, 3.63) is 57.8 Å². The number of hydrogen-bond acceptors (Lipinski definition) is 2. The molecule has 0 radical (unpaired) electrons. The van der Waals surface area contributed by atoms with Gasteiger partial charge in [-0.1, -0.05) is 35.3 Å². The van der Waals surface area contributed by atoms with Crippen molar-refractivity contribution >= 4 is 39.9 Å². The number of H-pyrrole nitrogens is 1. The lowest BCUT2D eigenvalue weighted by atomic mass is 10.2. The fourth-order valence-electron chi connectivity index (χ4n) is 2.10. The minimum absolute atomic E-state index is 0.539. The van der Waals surface area contributed by atoms with Crippen LogP contribution in [-0.4, -0.2) is 9.97 Å². The first-order valence-electron chi connectivity index (χ1n) is 6.26. The zero-order chi connectivity index (χ0) is 14.1. The number of aryl methyl sites for hydroxylation is 1. The Hall–Kier alpha value is -1.71. The highest BCUT2D eigenvalue weighted by Gasteiger charge is 2.07. The lowest BCUT2D eigenvalue weighted by Crippen LogP contribution is -2.02. The molecule has 5 heteroatoms. The summed E-state index contributed by atoms with van der Waals surface area (Å²) in [6.45, 7) is 2.60. The lowest BCUT2D eigenvalue weighted by Gasteiger charge is -2.08. The fraction of sp³-hybridized carbons (Fsp3) is 0.133. The fourth-order valence-corrected chi connectivity index (χ4v) is 2.63. The van der Waals surface area contributed by atoms with Crippen molar-refractivity contribution in [1.82, 2.24) is 9.97 Å². The van der Waals surface area contributed by atoms with Gasteiger partial charge in [0.15, 0.2) is 0 Å². The molecule has 0 fully saturated rings. The zero-order valence-corrected chi connectivity index (χ0v) is 12.4. The van der Waals surface area contributed by atoms with E-state index < -0.39 is 0 Å². The lowest BCUT2D eigenvalue weighted by molar-refractivity contribution is 1.01. The Balaban J connectivity index is 1.83. The Morgan fingerprint density at radius 2 is 1.90 bits per heavy atom. The van der Waals surface area contributed by atoms with E-state index in [1.807, 2.05) is 18.2 Å². The van der Waals surface area contributed by atoms with Crippen LogP contribution in [0.15, 0.2) is 36.4 Å². The first-order valence-corrected chi connectivity index (χ1v) is 7.02. The largest absolute Gasteiger partial charge is 0.375 e. The zero-order valence-electron chi connectivity index (χ0n) is 10.9. The third kappa shape index (κ3) is 2.60. The van der Waals surface area contributed by atoms with Gasteiger partial charge in [-0.2, -0.15) is 0 Å². The highest BCUT2D eigenvalue weighted by atomic mass is 35.5. The van der Waals surface area contributed by atoms with Crippen molar-refractivity contribution in [1.29, 1.82) is 0 Å². The summed E-state index contributed by atoms with van der Waals surface area (Å²) in [6, 6.07) is 11.6. The van der Waals surface area contributed by atoms with Crippen molar-refractivity contribution in [2.24, 2.45) is 0 Å². The predicted molar refractivity (Wildman–Crippen MR) is 84.6 cm³/mol. The molecule has 3 rings (SSSR count). The summed E-state index contributed by atoms with van der Waals surface area (Å²) in [5.41, 5.74) is 3.92. The van der Waals surface area contributed by atoms with Gasteiger partial charge >= 0.3 is 0 Å². The van der Waals surface area contributed by atoms with Crippen LogP contribution in [0.2, 0.25) is 10.0 Å². The monoisotopic (exact) mass is 305 g/mol. The molecule has 0 atom stereocenters. The van der Waals surface area contributed by atoms with Gasteiger partial charge in [0.25, 0.3) is 0 Å². The van der Waals surface area contributed by atoms with Gasteiger partial charge in [0.05, 0.1) is 33.3 Å². The van der Waals surface area contributed by atoms with Crippen molar-refractivity contribution in [3.8, 4) is 0 Å². The number of halogens is 2. The Morgan fingerprint density at radius 3 is 2.65 bits per heavy atom. The third-order valence-corrected chi connectivity index (χ3v) is 3.71. The molecule has 0 saturated heterocycles. The predicted octanol–water partition coefficient (Wildman–Crippen LogP) is 4.79. The van der Waals surface area contributed by atoms with Gasteiger partial charge in [-0.05, 0) is 36.8 Å². The van der Waals surface area contributed by atoms with Crippen molar-refractivity contribution in [2.45, 2.75) is 13.5 Å². The maximum absolute atomic E-state index is 6.12. The van der Waals surface area contributed by atoms with Crippen LogP contribution in [-0.2, 0) is 6.54 Å². The van der Waals surface area contributed by atoms with E-state index in [1.165, 1.54) is 5.56 Å². The van der Waals surface area contributed by atoms with Crippen LogP contribution in [0, 0.1) is 6.92 Å². The summed E-state index contributed by atoms with van der Waals surface area (Å²) >= 11 is 12.2. The number of aromatic nitrogens is 2. The molecule has 0 amide bonds. The van der Waals surface area contributed by atoms with E-state index in [2.05, 4.69) is 28.3 Å². The molecule has 2 N–H and O–H groups in total. The average Bonchev–Trinajstić information content (AvgIpc) is 2.80. The van der Waals surface area contributed by atoms with E-state index in [0.717, 1.165) is 22.5 Å². The number of fused-ring (bicyclic) bond motifs is 1. The van der Waals surface area contributed by atoms with Crippen LogP contribution in [0.5, 0.6) is 0 Å². The molecule has 0 spiro atoms. The second-order valence-electron chi connectivity index (χ2n) is 4.65. The molecule has 0 aliphatic heterocycles. The molecule has 0 unspecified atom stereocenters. The van der Waals surface area contributed by atoms with Crippen molar-refractivity contribution in [2.75, 3.05) is 5.32 Å². The van der Waals surface area contributed by atoms with E-state index in [0.29, 0.717) is 16.6 Å². The molecular formula is C15H13Cl2N3. The van der Waals surface area contributed by atoms with Gasteiger partial charge in [-0.15, -0.1) is 0 Å². The summed E-state index contributed by atoms with van der Waals surface area (Å²) in [4.78, 5) is 7.81. The average molecular weight is 306 g/mol. The first-order chi connectivity index (χ1) is 9.63. The Bertz CT molecular complexity index is 745. The topological polar surface area (TPSA) is 40.7 Å². The number of nitrogens with zero attached hydrogens (tertiary/aromatic N) is 1. The maximum atomic E-state index is 6.12. The van der Waals surface area contributed by atoms with Crippen molar-refractivity contribution < 1.29 is 0 Å². The highest BCUT2D eigenvalue weighted by Crippen LogP contribution is 2.30. The van der Waals surface area contributed by atoms with E-state index in [1.54, 1.807) is 12.1 Å². The van der Waals surface area contributed by atoms with E-state index in [4.69, 9.17) is 23.2 Å². The summed E-state index contributed by atoms with van der Waals surface area (Å²) in [5, 5.41) is 4.42. The van der Waals surface area contributed by atoms with Gasteiger partial charge in [0.1, 0.15) is 5.82 Å². The van der Waals surface area contributed by atoms with Crippen molar-refractivity contribution in [3.63, 3.8) is 0 Å². The SMILES string of the molecule is Cc1ccc2nc(CNc3c(Cl)cccc3Cl)[nH]c2c1. The molecule has 2 aromatic carbocycles. The number of para-hydroxylation sites is 1. The number of imidazole rings is 1. The molecule has 3 aromatic rings. The molecule has 0 bridgehead atoms. The highest BCUT2D eigenvalue weighted by molar-refractivity contribution is 6.39. The van der Waals surface area contributed by atoms with Crippen LogP contribution < -0.4 is 5.32 Å². The summed E-state index contributed by atoms with van der Waals surface area (Å²) in [7, 11) is 0. The van der Waals surface area contributed by atoms with Crippen LogP contribution in [0.1, 0.15) is 11.4 Å². The normalized spacial score (nSPS) is 10.9. The molecule has 0 saturated carbocycles. The number of aromatic amines is 1. The third-order valence-electron chi connectivity index (χ3n) is 3.08. The molecule has 20 heavy (non-hydrogen) atoms. The molecular weight excluding hydrogens is 293 g/mol. The van der Waals surface area contributed by atoms with Crippen LogP contribution in [0.4, 0.5) is 5.69 Å². The smallest absolute Gasteiger partial charge is 0.126 e. The molecule has 1 heterocycles. The number of benzene rings is 2. The molecule has 0 aliphatic rings. The van der Waals surface area contributed by atoms with Gasteiger partial charge in [0.2, 0.25) is 0 Å². The van der Waals surface area contributed by atoms with Gasteiger partial charge in [0, 0.05) is 0 Å². The van der Waals surface area contributed by atoms with Gasteiger partial charge in [-0.25, -0.2) is 4.98 Å². The number of nitrogens with one attached hydrogen (secondary N) is 2. The minimum atomic E-state index is 0.539. The maximum Gasteiger partial charge on any atom is 0.126 e. The standard InChI is InChI=1S/C15H13Cl2N3/c1-9-5-6-12-13(7-9)20-14(19-12)8-18-15-10(16)3-2-4-11(15)17/h2-7,18H,8H2,1H3,(H,19,20). The van der Waals surface area contributed by atoms with Crippen LogP contribution >= 0.6 is 23.2 Å². The van der Waals surface area contributed by atoms with E-state index in [9.17, 15) is 0 Å². The molecule has 1 aromatic heterocycles. The molecule has 0 aliphatic carbocycles. The summed E-state index contributed by atoms with van der Waals surface area (Å²) in [5.74, 6) is 0.849. The Labute approximate surface area is 126 Å². The Morgan fingerprint density at radius 1 is 1.15 bits per heavy atom. The van der Waals surface area contributed by atoms with Gasteiger partial charge < -0.3 is 10.3 Å². The second kappa shape index (κ2) is 5.35. The number of anilines is 1. The van der Waals surface area contributed by atoms with E-state index >= 15 is 0 Å². The second-order valence-corrected chi connectivity index (χ2v) is 5.47. The van der Waals surface area contributed by atoms with E-state index in [-0.39, 0.29) is 0 Å². The Kier molecular flexibility index (Phi) is 3.55. The van der Waals surface area contributed by atoms with Crippen LogP contribution in [0.3, 0.4) is 0 Å². The molecule has 102 valence electrons. The quantitative estimate of drug-likeness (QED) is 0.730. The summed E-state index contributed by atoms with van der Waals surface area (Å²) < 4.78 is 0. The summed E-state index contributed by atoms with van der Waals surface area (Å²) in [6.07, 6.45) is 0. The number of rotatable bonds is 3. The van der Waals surface area contributed by atoms with Gasteiger partial charge in [-0.3, -0.25) is 0 Å².